The molecule has 9 rings (SSSR count). The summed E-state index contributed by atoms with van der Waals surface area (Å²) < 4.78 is 43.3. The summed E-state index contributed by atoms with van der Waals surface area (Å²) in [4.78, 5) is 0. The number of aliphatic hydroxyl groups excluding tert-OH is 9. The fourth-order valence-corrected chi connectivity index (χ4v) is 16.3. The molecule has 366 valence electrons. The molecule has 4 aliphatic heterocycles. The van der Waals surface area contributed by atoms with E-state index in [4.69, 9.17) is 33.2 Å². The highest BCUT2D eigenvalue weighted by Crippen LogP contribution is 2.82. The molecule has 16 nitrogen and oxygen atoms in total. The van der Waals surface area contributed by atoms with Gasteiger partial charge in [0.1, 0.15) is 66.6 Å². The zero-order valence-corrected chi connectivity index (χ0v) is 39.0. The molecule has 5 aliphatic carbocycles. The average Bonchev–Trinajstić information content (AvgIpc) is 3.44. The Morgan fingerprint density at radius 3 is 2.03 bits per heavy atom. The fraction of sp³-hybridized carbons (Fsp3) is 0.958. The van der Waals surface area contributed by atoms with Gasteiger partial charge in [0.2, 0.25) is 0 Å². The number of aliphatic hydroxyl groups is 9. The first-order valence-corrected chi connectivity index (χ1v) is 24.2. The summed E-state index contributed by atoms with van der Waals surface area (Å²) in [5.74, 6) is 1.71. The van der Waals surface area contributed by atoms with E-state index in [0.717, 1.165) is 57.1 Å². The molecule has 9 aliphatic rings. The topological polar surface area (TPSA) is 247 Å². The van der Waals surface area contributed by atoms with Gasteiger partial charge in [-0.1, -0.05) is 55.0 Å². The third kappa shape index (κ3) is 6.61. The predicted octanol–water partition coefficient (Wildman–Crippen LogP) is 2.01. The first-order chi connectivity index (χ1) is 29.8. The molecule has 9 fully saturated rings. The third-order valence-corrected chi connectivity index (χ3v) is 20.1. The highest BCUT2D eigenvalue weighted by Gasteiger charge is 2.81. The maximum Gasteiger partial charge on any atom is 0.187 e. The van der Waals surface area contributed by atoms with E-state index in [9.17, 15) is 46.0 Å². The van der Waals surface area contributed by atoms with Gasteiger partial charge in [-0.2, -0.15) is 0 Å². The molecule has 4 saturated heterocycles. The normalized spacial score (nSPS) is 57.7. The molecule has 0 amide bonds. The standard InChI is InChI=1S/C48H78O16/c1-22-31(51)34(54)37(57)40(59-22)63-38-35(55)32(52)24(20-49)60-41(38)61-25-21-58-39(36(56)33(25)53)62-30-12-13-44(7)26(43(30,5)6)10-14-45(8)27(44)11-15-48-28-18-42(3,4)16-17-47(28,23(2)64-48)29(50)19-46(45,48)9/h22,24-41,49-57H,2,10-21H2,1,3-9H3. The van der Waals surface area contributed by atoms with Crippen LogP contribution in [0.4, 0.5) is 0 Å². The van der Waals surface area contributed by atoms with E-state index < -0.39 is 98.7 Å². The fourth-order valence-electron chi connectivity index (χ4n) is 16.3. The molecule has 0 aromatic carbocycles. The largest absolute Gasteiger partial charge is 0.491 e. The highest BCUT2D eigenvalue weighted by atomic mass is 16.8. The Morgan fingerprint density at radius 1 is 0.641 bits per heavy atom. The van der Waals surface area contributed by atoms with Crippen LogP contribution in [0.3, 0.4) is 0 Å². The minimum atomic E-state index is -1.75. The zero-order chi connectivity index (χ0) is 46.5. The SMILES string of the molecule is C=C1OC23CCC4C5(C)CCC(OC6OCC(OC7OC(CO)C(O)C(O)C7OC7OC(C)C(O)C(O)C7O)C(O)C6O)C(C)(C)C5CCC4(C)C2(C)CC(O)C12CCC(C)(C)CC23. The Kier molecular flexibility index (Phi) is 12.0. The van der Waals surface area contributed by atoms with Gasteiger partial charge >= 0.3 is 0 Å². The van der Waals surface area contributed by atoms with Crippen LogP contribution in [0.5, 0.6) is 0 Å². The lowest BCUT2D eigenvalue weighted by Gasteiger charge is -2.74. The van der Waals surface area contributed by atoms with Crippen molar-refractivity contribution in [2.24, 2.45) is 50.2 Å². The van der Waals surface area contributed by atoms with Gasteiger partial charge in [0.25, 0.3) is 0 Å². The van der Waals surface area contributed by atoms with Crippen LogP contribution in [0.2, 0.25) is 0 Å². The van der Waals surface area contributed by atoms with E-state index in [1.807, 2.05) is 0 Å². The first-order valence-electron chi connectivity index (χ1n) is 24.2. The van der Waals surface area contributed by atoms with Crippen molar-refractivity contribution in [3.63, 3.8) is 0 Å². The van der Waals surface area contributed by atoms with E-state index in [1.54, 1.807) is 0 Å². The van der Waals surface area contributed by atoms with E-state index >= 15 is 0 Å². The third-order valence-electron chi connectivity index (χ3n) is 20.1. The van der Waals surface area contributed by atoms with E-state index in [0.29, 0.717) is 18.8 Å². The molecular weight excluding hydrogens is 833 g/mol. The lowest BCUT2D eigenvalue weighted by molar-refractivity contribution is -0.382. The molecule has 64 heavy (non-hydrogen) atoms. The van der Waals surface area contributed by atoms with Crippen molar-refractivity contribution in [2.45, 2.75) is 223 Å². The number of hydrogen-bond donors (Lipinski definition) is 9. The molecule has 1 spiro atoms. The minimum Gasteiger partial charge on any atom is -0.491 e. The summed E-state index contributed by atoms with van der Waals surface area (Å²) in [5.41, 5.74) is -1.30. The lowest BCUT2D eigenvalue weighted by atomic mass is 9.30. The number of rotatable bonds is 7. The van der Waals surface area contributed by atoms with E-state index in [-0.39, 0.29) is 62.6 Å². The molecule has 2 bridgehead atoms. The van der Waals surface area contributed by atoms with Crippen LogP contribution in [0.1, 0.15) is 120 Å². The summed E-state index contributed by atoms with van der Waals surface area (Å²) in [5, 5.41) is 98.2. The number of fused-ring (bicyclic) bond motifs is 4. The van der Waals surface area contributed by atoms with Gasteiger partial charge < -0.3 is 79.1 Å². The summed E-state index contributed by atoms with van der Waals surface area (Å²) in [6.07, 6.45) is -12.4. The Labute approximate surface area is 377 Å². The van der Waals surface area contributed by atoms with E-state index in [2.05, 4.69) is 55.0 Å². The van der Waals surface area contributed by atoms with Gasteiger partial charge in [-0.3, -0.25) is 0 Å². The van der Waals surface area contributed by atoms with Gasteiger partial charge in [-0.05, 0) is 105 Å². The maximum absolute atomic E-state index is 12.3. The summed E-state index contributed by atoms with van der Waals surface area (Å²) in [7, 11) is 0. The van der Waals surface area contributed by atoms with Crippen LogP contribution in [0.25, 0.3) is 0 Å². The summed E-state index contributed by atoms with van der Waals surface area (Å²) >= 11 is 0. The molecular formula is C48H78O16. The Balaban J connectivity index is 0.886. The number of ether oxygens (including phenoxy) is 7. The second-order valence-electron chi connectivity index (χ2n) is 23.9. The van der Waals surface area contributed by atoms with Crippen molar-refractivity contribution in [3.8, 4) is 0 Å². The van der Waals surface area contributed by atoms with Crippen LogP contribution in [-0.2, 0) is 33.2 Å². The molecule has 0 radical (unpaired) electrons. The molecule has 4 heterocycles. The van der Waals surface area contributed by atoms with Crippen LogP contribution in [0.15, 0.2) is 12.3 Å². The number of hydrogen-bond acceptors (Lipinski definition) is 16. The molecule has 0 aromatic heterocycles. The van der Waals surface area contributed by atoms with Crippen molar-refractivity contribution in [3.05, 3.63) is 12.3 Å². The van der Waals surface area contributed by atoms with Crippen molar-refractivity contribution in [1.82, 2.24) is 0 Å². The van der Waals surface area contributed by atoms with Crippen LogP contribution in [-0.4, -0.2) is 163 Å². The van der Waals surface area contributed by atoms with Crippen LogP contribution in [0, 0.1) is 50.2 Å². The Hall–Kier alpha value is -1.06. The molecule has 9 N–H and O–H groups in total. The lowest BCUT2D eigenvalue weighted by Crippen LogP contribution is -2.74. The summed E-state index contributed by atoms with van der Waals surface area (Å²) in [6, 6.07) is 0. The second-order valence-corrected chi connectivity index (χ2v) is 23.9. The van der Waals surface area contributed by atoms with Crippen LogP contribution < -0.4 is 0 Å². The van der Waals surface area contributed by atoms with Gasteiger partial charge in [-0.15, -0.1) is 0 Å². The molecule has 24 atom stereocenters. The van der Waals surface area contributed by atoms with Crippen molar-refractivity contribution in [1.29, 1.82) is 0 Å². The second kappa shape index (κ2) is 16.0. The quantitative estimate of drug-likeness (QED) is 0.166. The van der Waals surface area contributed by atoms with Crippen LogP contribution >= 0.6 is 0 Å². The van der Waals surface area contributed by atoms with Crippen molar-refractivity contribution >= 4 is 0 Å². The Morgan fingerprint density at radius 2 is 1.33 bits per heavy atom. The highest BCUT2D eigenvalue weighted by molar-refractivity contribution is 5.34. The smallest absolute Gasteiger partial charge is 0.187 e. The summed E-state index contributed by atoms with van der Waals surface area (Å²) in [6.45, 7) is 21.7. The molecule has 0 aromatic rings. The molecule has 16 heteroatoms. The average molecular weight is 911 g/mol. The molecule has 5 saturated carbocycles. The van der Waals surface area contributed by atoms with E-state index in [1.165, 1.54) is 6.92 Å². The van der Waals surface area contributed by atoms with Gasteiger partial charge in [0, 0.05) is 11.3 Å². The minimum absolute atomic E-state index is 0.0375. The van der Waals surface area contributed by atoms with Gasteiger partial charge in [-0.25, -0.2) is 0 Å². The first kappa shape index (κ1) is 48.0. The molecule has 24 unspecified atom stereocenters. The van der Waals surface area contributed by atoms with Crippen molar-refractivity contribution < 1.29 is 79.1 Å². The van der Waals surface area contributed by atoms with Gasteiger partial charge in [0.15, 0.2) is 18.9 Å². The van der Waals surface area contributed by atoms with Gasteiger partial charge in [0.05, 0.1) is 42.7 Å². The maximum atomic E-state index is 12.3. The zero-order valence-electron chi connectivity index (χ0n) is 39.0. The van der Waals surface area contributed by atoms with Crippen molar-refractivity contribution in [2.75, 3.05) is 13.2 Å². The monoisotopic (exact) mass is 911 g/mol. The Bertz CT molecular complexity index is 1760. The predicted molar refractivity (Wildman–Crippen MR) is 226 cm³/mol.